The van der Waals surface area contributed by atoms with E-state index in [1.807, 2.05) is 30.7 Å². The predicted molar refractivity (Wildman–Crippen MR) is 62.0 cm³/mol. The van der Waals surface area contributed by atoms with E-state index in [1.165, 1.54) is 0 Å². The van der Waals surface area contributed by atoms with Crippen molar-refractivity contribution in [2.75, 3.05) is 0 Å². The minimum absolute atomic E-state index is 0.466. The van der Waals surface area contributed by atoms with Crippen molar-refractivity contribution in [3.8, 4) is 0 Å². The summed E-state index contributed by atoms with van der Waals surface area (Å²) in [4.78, 5) is 5.26. The maximum absolute atomic E-state index is 5.48. The van der Waals surface area contributed by atoms with Gasteiger partial charge >= 0.3 is 0 Å². The van der Waals surface area contributed by atoms with Crippen LogP contribution in [-0.4, -0.2) is 19.7 Å². The topological polar surface area (TPSA) is 69.6 Å². The Morgan fingerprint density at radius 3 is 2.69 bits per heavy atom. The Bertz CT molecular complexity index is 476. The van der Waals surface area contributed by atoms with Gasteiger partial charge in [-0.25, -0.2) is 0 Å². The normalized spacial score (nSPS) is 10.7. The summed E-state index contributed by atoms with van der Waals surface area (Å²) in [5.41, 5.74) is 6.37. The van der Waals surface area contributed by atoms with Crippen LogP contribution in [0, 0.1) is 6.92 Å². The van der Waals surface area contributed by atoms with Crippen molar-refractivity contribution in [3.63, 3.8) is 0 Å². The highest BCUT2D eigenvalue weighted by atomic mass is 32.2. The first-order chi connectivity index (χ1) is 7.70. The Kier molecular flexibility index (Phi) is 3.21. The van der Waals surface area contributed by atoms with Crippen LogP contribution in [0.5, 0.6) is 0 Å². The first kappa shape index (κ1) is 11.1. The molecule has 6 heteroatoms. The zero-order valence-electron chi connectivity index (χ0n) is 9.21. The van der Waals surface area contributed by atoms with Gasteiger partial charge < -0.3 is 10.3 Å². The van der Waals surface area contributed by atoms with Gasteiger partial charge in [-0.3, -0.25) is 4.98 Å². The maximum atomic E-state index is 5.48. The van der Waals surface area contributed by atoms with E-state index in [9.17, 15) is 0 Å². The van der Waals surface area contributed by atoms with Crippen LogP contribution in [0.3, 0.4) is 0 Å². The van der Waals surface area contributed by atoms with Gasteiger partial charge in [-0.1, -0.05) is 0 Å². The van der Waals surface area contributed by atoms with Crippen LogP contribution < -0.4 is 5.73 Å². The van der Waals surface area contributed by atoms with Crippen LogP contribution in [0.2, 0.25) is 0 Å². The lowest BCUT2D eigenvalue weighted by atomic mass is 10.4. The van der Waals surface area contributed by atoms with Crippen molar-refractivity contribution >= 4 is 11.8 Å². The fourth-order valence-corrected chi connectivity index (χ4v) is 1.98. The SMILES string of the molecule is Cc1nnc(Sc2ccc(CN)nc2)n1C. The highest BCUT2D eigenvalue weighted by Crippen LogP contribution is 2.25. The van der Waals surface area contributed by atoms with Gasteiger partial charge in [0.15, 0.2) is 5.16 Å². The molecule has 0 aliphatic carbocycles. The molecule has 2 heterocycles. The van der Waals surface area contributed by atoms with E-state index >= 15 is 0 Å². The van der Waals surface area contributed by atoms with Gasteiger partial charge in [-0.2, -0.15) is 0 Å². The second-order valence-electron chi connectivity index (χ2n) is 3.38. The molecule has 5 nitrogen and oxygen atoms in total. The van der Waals surface area contributed by atoms with Crippen molar-refractivity contribution in [2.45, 2.75) is 23.5 Å². The lowest BCUT2D eigenvalue weighted by Gasteiger charge is -2.01. The van der Waals surface area contributed by atoms with E-state index in [0.29, 0.717) is 6.54 Å². The summed E-state index contributed by atoms with van der Waals surface area (Å²) in [7, 11) is 1.94. The Balaban J connectivity index is 2.17. The van der Waals surface area contributed by atoms with Gasteiger partial charge in [-0.05, 0) is 30.8 Å². The van der Waals surface area contributed by atoms with Gasteiger partial charge in [0.1, 0.15) is 5.82 Å². The van der Waals surface area contributed by atoms with Gasteiger partial charge in [0.2, 0.25) is 0 Å². The maximum Gasteiger partial charge on any atom is 0.195 e. The van der Waals surface area contributed by atoms with E-state index in [0.717, 1.165) is 21.6 Å². The van der Waals surface area contributed by atoms with Crippen LogP contribution in [0.15, 0.2) is 28.4 Å². The molecule has 2 N–H and O–H groups in total. The zero-order chi connectivity index (χ0) is 11.5. The molecule has 16 heavy (non-hydrogen) atoms. The average molecular weight is 235 g/mol. The summed E-state index contributed by atoms with van der Waals surface area (Å²) in [5.74, 6) is 0.897. The average Bonchev–Trinajstić information content (AvgIpc) is 2.62. The number of nitrogens with zero attached hydrogens (tertiary/aromatic N) is 4. The summed E-state index contributed by atoms with van der Waals surface area (Å²) >= 11 is 1.54. The number of hydrogen-bond acceptors (Lipinski definition) is 5. The Labute approximate surface area is 98.1 Å². The molecule has 0 saturated heterocycles. The Hall–Kier alpha value is -1.40. The third-order valence-corrected chi connectivity index (χ3v) is 3.28. The van der Waals surface area contributed by atoms with E-state index < -0.39 is 0 Å². The summed E-state index contributed by atoms with van der Waals surface area (Å²) < 4.78 is 1.95. The lowest BCUT2D eigenvalue weighted by Crippen LogP contribution is -1.98. The van der Waals surface area contributed by atoms with Crippen LogP contribution >= 0.6 is 11.8 Å². The van der Waals surface area contributed by atoms with Gasteiger partial charge in [0.05, 0.1) is 5.69 Å². The largest absolute Gasteiger partial charge is 0.325 e. The molecule has 0 saturated carbocycles. The molecule has 0 radical (unpaired) electrons. The molecule has 2 rings (SSSR count). The second-order valence-corrected chi connectivity index (χ2v) is 4.42. The first-order valence-electron chi connectivity index (χ1n) is 4.89. The number of aryl methyl sites for hydroxylation is 1. The van der Waals surface area contributed by atoms with E-state index in [4.69, 9.17) is 5.73 Å². The molecule has 2 aromatic heterocycles. The molecule has 0 atom stereocenters. The first-order valence-corrected chi connectivity index (χ1v) is 5.71. The monoisotopic (exact) mass is 235 g/mol. The van der Waals surface area contributed by atoms with Crippen molar-refractivity contribution < 1.29 is 0 Å². The van der Waals surface area contributed by atoms with E-state index in [1.54, 1.807) is 18.0 Å². The minimum atomic E-state index is 0.466. The Morgan fingerprint density at radius 1 is 1.38 bits per heavy atom. The number of rotatable bonds is 3. The predicted octanol–water partition coefficient (Wildman–Crippen LogP) is 1.13. The molecule has 0 aliphatic rings. The highest BCUT2D eigenvalue weighted by molar-refractivity contribution is 7.99. The third kappa shape index (κ3) is 2.23. The molecule has 2 aromatic rings. The highest BCUT2D eigenvalue weighted by Gasteiger charge is 2.06. The van der Waals surface area contributed by atoms with Gasteiger partial charge in [0.25, 0.3) is 0 Å². The van der Waals surface area contributed by atoms with E-state index in [2.05, 4.69) is 15.2 Å². The van der Waals surface area contributed by atoms with Gasteiger partial charge in [0, 0.05) is 24.7 Å². The molecular weight excluding hydrogens is 222 g/mol. The van der Waals surface area contributed by atoms with Crippen molar-refractivity contribution in [2.24, 2.45) is 12.8 Å². The number of aromatic nitrogens is 4. The minimum Gasteiger partial charge on any atom is -0.325 e. The quantitative estimate of drug-likeness (QED) is 0.863. The van der Waals surface area contributed by atoms with Crippen LogP contribution in [0.1, 0.15) is 11.5 Å². The molecule has 84 valence electrons. The molecule has 0 bridgehead atoms. The summed E-state index contributed by atoms with van der Waals surface area (Å²) in [6, 6.07) is 3.91. The summed E-state index contributed by atoms with van der Waals surface area (Å²) in [6.45, 7) is 2.39. The second kappa shape index (κ2) is 4.63. The molecule has 0 fully saturated rings. The van der Waals surface area contributed by atoms with Crippen LogP contribution in [0.4, 0.5) is 0 Å². The molecule has 0 aliphatic heterocycles. The number of pyridine rings is 1. The summed E-state index contributed by atoms with van der Waals surface area (Å²) in [5, 5.41) is 8.94. The fourth-order valence-electron chi connectivity index (χ4n) is 1.17. The molecule has 0 aromatic carbocycles. The van der Waals surface area contributed by atoms with Crippen LogP contribution in [-0.2, 0) is 13.6 Å². The molecule has 0 spiro atoms. The lowest BCUT2D eigenvalue weighted by molar-refractivity contribution is 0.765. The fraction of sp³-hybridized carbons (Fsp3) is 0.300. The molecule has 0 unspecified atom stereocenters. The molecule has 0 amide bonds. The third-order valence-electron chi connectivity index (χ3n) is 2.27. The van der Waals surface area contributed by atoms with Crippen molar-refractivity contribution in [1.29, 1.82) is 0 Å². The zero-order valence-corrected chi connectivity index (χ0v) is 10.0. The van der Waals surface area contributed by atoms with Crippen molar-refractivity contribution in [1.82, 2.24) is 19.7 Å². The summed E-state index contributed by atoms with van der Waals surface area (Å²) in [6.07, 6.45) is 1.80. The number of nitrogens with two attached hydrogens (primary N) is 1. The standard InChI is InChI=1S/C10H13N5S/c1-7-13-14-10(15(7)2)16-9-4-3-8(5-11)12-6-9/h3-4,6H,5,11H2,1-2H3. The van der Waals surface area contributed by atoms with Crippen LogP contribution in [0.25, 0.3) is 0 Å². The van der Waals surface area contributed by atoms with Crippen molar-refractivity contribution in [3.05, 3.63) is 29.8 Å². The Morgan fingerprint density at radius 2 is 2.19 bits per heavy atom. The van der Waals surface area contributed by atoms with E-state index in [-0.39, 0.29) is 0 Å². The molecular formula is C10H13N5S. The van der Waals surface area contributed by atoms with Gasteiger partial charge in [-0.15, -0.1) is 10.2 Å². The smallest absolute Gasteiger partial charge is 0.195 e. The number of hydrogen-bond donors (Lipinski definition) is 1.